The van der Waals surface area contributed by atoms with Gasteiger partial charge in [0.1, 0.15) is 5.82 Å². The first kappa shape index (κ1) is 13.5. The summed E-state index contributed by atoms with van der Waals surface area (Å²) < 4.78 is 13.9. The summed E-state index contributed by atoms with van der Waals surface area (Å²) in [5.74, 6) is -0.746. The lowest BCUT2D eigenvalue weighted by Crippen LogP contribution is -2.01. The molecule has 1 N–H and O–H groups in total. The number of fused-ring (bicyclic) bond motifs is 1. The molecule has 2 aromatic carbocycles. The van der Waals surface area contributed by atoms with Crippen molar-refractivity contribution in [2.24, 2.45) is 0 Å². The van der Waals surface area contributed by atoms with Crippen molar-refractivity contribution >= 4 is 32.6 Å². The number of carbonyl (C=O) groups is 1. The molecule has 0 spiro atoms. The molecule has 0 saturated heterocycles. The van der Waals surface area contributed by atoms with E-state index in [2.05, 4.69) is 20.9 Å². The van der Waals surface area contributed by atoms with Crippen LogP contribution < -0.4 is 0 Å². The Kier molecular flexibility index (Phi) is 3.32. The predicted molar refractivity (Wildman–Crippen MR) is 80.5 cm³/mol. The van der Waals surface area contributed by atoms with Crippen LogP contribution in [0.15, 0.2) is 47.1 Å². The molecule has 3 nitrogen and oxygen atoms in total. The molecule has 21 heavy (non-hydrogen) atoms. The lowest BCUT2D eigenvalue weighted by atomic mass is 10.0. The van der Waals surface area contributed by atoms with Crippen molar-refractivity contribution < 1.29 is 9.18 Å². The summed E-state index contributed by atoms with van der Waals surface area (Å²) in [5, 5.41) is 9.58. The number of aromatic nitrogens is 1. The minimum absolute atomic E-state index is 0.266. The summed E-state index contributed by atoms with van der Waals surface area (Å²) >= 11 is 3.06. The molecule has 0 aliphatic carbocycles. The molecule has 5 heteroatoms. The molecular weight excluding hydrogens is 335 g/mol. The van der Waals surface area contributed by atoms with Crippen LogP contribution in [0.2, 0.25) is 0 Å². The van der Waals surface area contributed by atoms with Crippen molar-refractivity contribution in [1.29, 1.82) is 5.26 Å². The number of nitrogens with zero attached hydrogens (tertiary/aromatic N) is 1. The largest absolute Gasteiger partial charge is 0.360 e. The summed E-state index contributed by atoms with van der Waals surface area (Å²) in [5.41, 5.74) is 1.95. The predicted octanol–water partition coefficient (Wildman–Crippen LogP) is 4.17. The topological polar surface area (TPSA) is 56.6 Å². The molecule has 0 amide bonds. The highest BCUT2D eigenvalue weighted by Crippen LogP contribution is 2.24. The summed E-state index contributed by atoms with van der Waals surface area (Å²) in [4.78, 5) is 15.4. The quantitative estimate of drug-likeness (QED) is 0.710. The minimum Gasteiger partial charge on any atom is -0.360 e. The van der Waals surface area contributed by atoms with Crippen molar-refractivity contribution in [3.63, 3.8) is 0 Å². The van der Waals surface area contributed by atoms with Crippen LogP contribution in [0, 0.1) is 17.1 Å². The van der Waals surface area contributed by atoms with Crippen LogP contribution in [0.3, 0.4) is 0 Å². The molecule has 0 fully saturated rings. The first-order chi connectivity index (χ1) is 10.1. The number of aromatic amines is 1. The van der Waals surface area contributed by atoms with Crippen molar-refractivity contribution in [1.82, 2.24) is 4.98 Å². The normalized spacial score (nSPS) is 10.5. The number of nitriles is 1. The lowest BCUT2D eigenvalue weighted by molar-refractivity contribution is 0.104. The van der Waals surface area contributed by atoms with Gasteiger partial charge in [0.2, 0.25) is 0 Å². The van der Waals surface area contributed by atoms with E-state index in [4.69, 9.17) is 5.26 Å². The number of hydrogen-bond donors (Lipinski definition) is 1. The third-order valence-electron chi connectivity index (χ3n) is 3.24. The number of carbonyl (C=O) groups excluding carboxylic acids is 1. The van der Waals surface area contributed by atoms with Crippen molar-refractivity contribution in [3.05, 3.63) is 69.6 Å². The molecule has 3 aromatic rings. The molecule has 0 unspecified atom stereocenters. The molecule has 0 aliphatic heterocycles. The van der Waals surface area contributed by atoms with Gasteiger partial charge in [0.25, 0.3) is 0 Å². The third-order valence-corrected chi connectivity index (χ3v) is 3.88. The van der Waals surface area contributed by atoms with Crippen LogP contribution in [0.4, 0.5) is 4.39 Å². The zero-order valence-corrected chi connectivity index (χ0v) is 12.2. The van der Waals surface area contributed by atoms with E-state index >= 15 is 0 Å². The van der Waals surface area contributed by atoms with E-state index in [0.29, 0.717) is 26.5 Å². The van der Waals surface area contributed by atoms with Gasteiger partial charge in [0.15, 0.2) is 5.78 Å². The molecule has 0 saturated carbocycles. The Balaban J connectivity index is 2.09. The van der Waals surface area contributed by atoms with Gasteiger partial charge in [0, 0.05) is 28.2 Å². The van der Waals surface area contributed by atoms with Gasteiger partial charge in [-0.1, -0.05) is 6.07 Å². The van der Waals surface area contributed by atoms with Crippen LogP contribution in [0.25, 0.3) is 10.9 Å². The highest BCUT2D eigenvalue weighted by molar-refractivity contribution is 9.10. The maximum absolute atomic E-state index is 13.6. The molecular formula is C16H8BrFN2O. The molecule has 0 aliphatic rings. The van der Waals surface area contributed by atoms with Crippen LogP contribution in [-0.4, -0.2) is 10.8 Å². The summed E-state index contributed by atoms with van der Waals surface area (Å²) in [6, 6.07) is 11.4. The average Bonchev–Trinajstić information content (AvgIpc) is 2.92. The van der Waals surface area contributed by atoms with E-state index in [1.165, 1.54) is 12.1 Å². The fourth-order valence-corrected chi connectivity index (χ4v) is 2.42. The Morgan fingerprint density at radius 1 is 1.24 bits per heavy atom. The van der Waals surface area contributed by atoms with Gasteiger partial charge in [-0.3, -0.25) is 4.79 Å². The number of benzene rings is 2. The summed E-state index contributed by atoms with van der Waals surface area (Å²) in [6.45, 7) is 0. The number of H-pyrrole nitrogens is 1. The van der Waals surface area contributed by atoms with Gasteiger partial charge in [-0.05, 0) is 46.3 Å². The third kappa shape index (κ3) is 2.34. The van der Waals surface area contributed by atoms with Crippen LogP contribution in [-0.2, 0) is 0 Å². The Labute approximate surface area is 128 Å². The summed E-state index contributed by atoms with van der Waals surface area (Å²) in [6.07, 6.45) is 1.58. The maximum Gasteiger partial charge on any atom is 0.195 e. The fraction of sp³-hybridized carbons (Fsp3) is 0. The van der Waals surface area contributed by atoms with Gasteiger partial charge in [-0.2, -0.15) is 5.26 Å². The van der Waals surface area contributed by atoms with E-state index in [1.54, 1.807) is 30.5 Å². The second-order valence-corrected chi connectivity index (χ2v) is 5.39. The molecule has 0 radical (unpaired) electrons. The van der Waals surface area contributed by atoms with E-state index in [1.807, 2.05) is 6.07 Å². The SMILES string of the molecule is N#Cc1ccc2c(C(=O)c3ccc(Br)c(F)c3)c[nH]c2c1. The highest BCUT2D eigenvalue weighted by atomic mass is 79.9. The van der Waals surface area contributed by atoms with Gasteiger partial charge in [-0.25, -0.2) is 4.39 Å². The number of ketones is 1. The van der Waals surface area contributed by atoms with Gasteiger partial charge in [-0.15, -0.1) is 0 Å². The van der Waals surface area contributed by atoms with Crippen LogP contribution in [0.1, 0.15) is 21.5 Å². The van der Waals surface area contributed by atoms with Gasteiger partial charge in [0.05, 0.1) is 16.1 Å². The van der Waals surface area contributed by atoms with E-state index < -0.39 is 5.82 Å². The van der Waals surface area contributed by atoms with Crippen molar-refractivity contribution in [3.8, 4) is 6.07 Å². The molecule has 1 heterocycles. The van der Waals surface area contributed by atoms with Gasteiger partial charge >= 0.3 is 0 Å². The zero-order chi connectivity index (χ0) is 15.0. The second-order valence-electron chi connectivity index (χ2n) is 4.53. The molecule has 0 bridgehead atoms. The Bertz CT molecular complexity index is 908. The van der Waals surface area contributed by atoms with Crippen LogP contribution >= 0.6 is 15.9 Å². The van der Waals surface area contributed by atoms with Crippen LogP contribution in [0.5, 0.6) is 0 Å². The molecule has 3 rings (SSSR count). The fourth-order valence-electron chi connectivity index (χ4n) is 2.18. The van der Waals surface area contributed by atoms with E-state index in [0.717, 1.165) is 0 Å². The smallest absolute Gasteiger partial charge is 0.195 e. The Morgan fingerprint density at radius 2 is 2.05 bits per heavy atom. The zero-order valence-electron chi connectivity index (χ0n) is 10.7. The first-order valence-corrected chi connectivity index (χ1v) is 6.90. The Hall–Kier alpha value is -2.45. The lowest BCUT2D eigenvalue weighted by Gasteiger charge is -2.01. The first-order valence-electron chi connectivity index (χ1n) is 6.11. The molecule has 1 aromatic heterocycles. The second kappa shape index (κ2) is 5.15. The number of halogens is 2. The number of rotatable bonds is 2. The number of nitrogens with one attached hydrogen (secondary N) is 1. The monoisotopic (exact) mass is 342 g/mol. The average molecular weight is 343 g/mol. The standard InChI is InChI=1S/C16H8BrFN2O/c17-13-4-2-10(6-14(13)18)16(21)12-8-20-15-5-9(7-19)1-3-11(12)15/h1-6,8,20H. The molecule has 0 atom stereocenters. The van der Waals surface area contributed by atoms with Crippen molar-refractivity contribution in [2.45, 2.75) is 0 Å². The Morgan fingerprint density at radius 3 is 2.76 bits per heavy atom. The maximum atomic E-state index is 13.6. The molecule has 102 valence electrons. The minimum atomic E-state index is -0.479. The van der Waals surface area contributed by atoms with E-state index in [9.17, 15) is 9.18 Å². The van der Waals surface area contributed by atoms with Gasteiger partial charge < -0.3 is 4.98 Å². The summed E-state index contributed by atoms with van der Waals surface area (Å²) in [7, 11) is 0. The number of hydrogen-bond acceptors (Lipinski definition) is 2. The highest BCUT2D eigenvalue weighted by Gasteiger charge is 2.15. The van der Waals surface area contributed by atoms with Crippen molar-refractivity contribution in [2.75, 3.05) is 0 Å². The van der Waals surface area contributed by atoms with E-state index in [-0.39, 0.29) is 11.3 Å².